The summed E-state index contributed by atoms with van der Waals surface area (Å²) in [6, 6.07) is 16.8. The SMILES string of the molecule is O=C(Cn1c(=O)cnc2ccccc21)NCCCOc1ccccc1. The molecule has 0 spiro atoms. The van der Waals surface area contributed by atoms with Gasteiger partial charge in [-0.1, -0.05) is 30.3 Å². The third kappa shape index (κ3) is 4.44. The number of carbonyl (C=O) groups excluding carboxylic acids is 1. The number of aromatic nitrogens is 2. The Kier molecular flexibility index (Phi) is 5.41. The maximum Gasteiger partial charge on any atom is 0.269 e. The zero-order chi connectivity index (χ0) is 17.5. The van der Waals surface area contributed by atoms with Crippen LogP contribution in [-0.2, 0) is 11.3 Å². The quantitative estimate of drug-likeness (QED) is 0.669. The summed E-state index contributed by atoms with van der Waals surface area (Å²) in [5.41, 5.74) is 1.05. The molecule has 3 aromatic rings. The number of amides is 1. The molecule has 6 heteroatoms. The molecule has 0 aliphatic rings. The first-order chi connectivity index (χ1) is 12.2. The molecule has 128 valence electrons. The van der Waals surface area contributed by atoms with Crippen molar-refractivity contribution in [3.8, 4) is 5.75 Å². The molecule has 0 aliphatic carbocycles. The Morgan fingerprint density at radius 3 is 2.68 bits per heavy atom. The zero-order valence-corrected chi connectivity index (χ0v) is 13.7. The van der Waals surface area contributed by atoms with Crippen molar-refractivity contribution in [2.24, 2.45) is 0 Å². The summed E-state index contributed by atoms with van der Waals surface area (Å²) < 4.78 is 7.00. The van der Waals surface area contributed by atoms with E-state index in [9.17, 15) is 9.59 Å². The highest BCUT2D eigenvalue weighted by Crippen LogP contribution is 2.09. The van der Waals surface area contributed by atoms with E-state index in [2.05, 4.69) is 10.3 Å². The van der Waals surface area contributed by atoms with E-state index in [1.165, 1.54) is 10.8 Å². The molecule has 0 radical (unpaired) electrons. The van der Waals surface area contributed by atoms with Crippen LogP contribution in [0.4, 0.5) is 0 Å². The molecule has 6 nitrogen and oxygen atoms in total. The second-order valence-electron chi connectivity index (χ2n) is 5.54. The molecule has 3 rings (SSSR count). The first kappa shape index (κ1) is 16.7. The van der Waals surface area contributed by atoms with Gasteiger partial charge in [-0.25, -0.2) is 4.98 Å². The molecule has 1 amide bonds. The van der Waals surface area contributed by atoms with Gasteiger partial charge in [-0.3, -0.25) is 14.2 Å². The van der Waals surface area contributed by atoms with Gasteiger partial charge in [-0.15, -0.1) is 0 Å². The van der Waals surface area contributed by atoms with Crippen LogP contribution in [0.1, 0.15) is 6.42 Å². The second kappa shape index (κ2) is 8.10. The minimum atomic E-state index is -0.290. The summed E-state index contributed by atoms with van der Waals surface area (Å²) in [6.45, 7) is 0.979. The molecule has 0 aliphatic heterocycles. The largest absolute Gasteiger partial charge is 0.494 e. The Hall–Kier alpha value is -3.15. The third-order valence-electron chi connectivity index (χ3n) is 3.71. The van der Waals surface area contributed by atoms with Crippen molar-refractivity contribution in [3.63, 3.8) is 0 Å². The fraction of sp³-hybridized carbons (Fsp3) is 0.211. The fourth-order valence-corrected chi connectivity index (χ4v) is 2.48. The summed E-state index contributed by atoms with van der Waals surface area (Å²) in [7, 11) is 0. The predicted octanol–water partition coefficient (Wildman–Crippen LogP) is 1.98. The lowest BCUT2D eigenvalue weighted by atomic mass is 10.3. The molecule has 25 heavy (non-hydrogen) atoms. The van der Waals surface area contributed by atoms with Crippen LogP contribution in [0.3, 0.4) is 0 Å². The van der Waals surface area contributed by atoms with Crippen LogP contribution < -0.4 is 15.6 Å². The van der Waals surface area contributed by atoms with Gasteiger partial charge in [0.1, 0.15) is 12.3 Å². The van der Waals surface area contributed by atoms with Crippen molar-refractivity contribution in [1.29, 1.82) is 0 Å². The van der Waals surface area contributed by atoms with E-state index in [0.29, 0.717) is 30.6 Å². The van der Waals surface area contributed by atoms with E-state index in [1.807, 2.05) is 48.5 Å². The zero-order valence-electron chi connectivity index (χ0n) is 13.7. The summed E-state index contributed by atoms with van der Waals surface area (Å²) in [4.78, 5) is 28.2. The van der Waals surface area contributed by atoms with E-state index in [0.717, 1.165) is 5.75 Å². The predicted molar refractivity (Wildman–Crippen MR) is 95.6 cm³/mol. The monoisotopic (exact) mass is 337 g/mol. The Morgan fingerprint density at radius 2 is 1.84 bits per heavy atom. The second-order valence-corrected chi connectivity index (χ2v) is 5.54. The molecule has 0 saturated heterocycles. The number of nitrogens with one attached hydrogen (secondary N) is 1. The van der Waals surface area contributed by atoms with Gasteiger partial charge >= 0.3 is 0 Å². The highest BCUT2D eigenvalue weighted by Gasteiger charge is 2.08. The van der Waals surface area contributed by atoms with Crippen LogP contribution in [0.2, 0.25) is 0 Å². The summed E-state index contributed by atoms with van der Waals surface area (Å²) in [5.74, 6) is 0.599. The van der Waals surface area contributed by atoms with Crippen molar-refractivity contribution >= 4 is 16.9 Å². The maximum absolute atomic E-state index is 12.1. The molecule has 2 aromatic carbocycles. The molecule has 0 fully saturated rings. The molecule has 1 N–H and O–H groups in total. The number of hydrogen-bond acceptors (Lipinski definition) is 4. The maximum atomic E-state index is 12.1. The normalized spacial score (nSPS) is 10.6. The highest BCUT2D eigenvalue weighted by atomic mass is 16.5. The van der Waals surface area contributed by atoms with Crippen molar-refractivity contribution in [2.75, 3.05) is 13.2 Å². The number of hydrogen-bond donors (Lipinski definition) is 1. The first-order valence-corrected chi connectivity index (χ1v) is 8.13. The number of ether oxygens (including phenoxy) is 1. The van der Waals surface area contributed by atoms with Gasteiger partial charge < -0.3 is 10.1 Å². The Bertz CT molecular complexity index is 906. The van der Waals surface area contributed by atoms with Crippen molar-refractivity contribution in [3.05, 3.63) is 71.1 Å². The van der Waals surface area contributed by atoms with E-state index in [-0.39, 0.29) is 18.0 Å². The molecule has 0 unspecified atom stereocenters. The van der Waals surface area contributed by atoms with Crippen LogP contribution in [-0.4, -0.2) is 28.6 Å². The van der Waals surface area contributed by atoms with Crippen LogP contribution in [0.15, 0.2) is 65.6 Å². The lowest BCUT2D eigenvalue weighted by molar-refractivity contribution is -0.121. The number of rotatable bonds is 7. The lowest BCUT2D eigenvalue weighted by Crippen LogP contribution is -2.33. The number of benzene rings is 2. The summed E-state index contributed by atoms with van der Waals surface area (Å²) in [6.07, 6.45) is 1.93. The van der Waals surface area contributed by atoms with Gasteiger partial charge in [0.05, 0.1) is 23.8 Å². The van der Waals surface area contributed by atoms with Gasteiger partial charge in [0.2, 0.25) is 5.91 Å². The molecule has 1 heterocycles. The van der Waals surface area contributed by atoms with Gasteiger partial charge in [-0.2, -0.15) is 0 Å². The molecule has 0 atom stereocenters. The summed E-state index contributed by atoms with van der Waals surface area (Å²) >= 11 is 0. The summed E-state index contributed by atoms with van der Waals surface area (Å²) in [5, 5.41) is 2.81. The Morgan fingerprint density at radius 1 is 1.08 bits per heavy atom. The number of para-hydroxylation sites is 3. The average Bonchev–Trinajstić information content (AvgIpc) is 2.65. The Labute approximate surface area is 145 Å². The van der Waals surface area contributed by atoms with Crippen LogP contribution >= 0.6 is 0 Å². The minimum Gasteiger partial charge on any atom is -0.494 e. The van der Waals surface area contributed by atoms with Crippen LogP contribution in [0.5, 0.6) is 5.75 Å². The lowest BCUT2D eigenvalue weighted by Gasteiger charge is -2.10. The average molecular weight is 337 g/mol. The topological polar surface area (TPSA) is 73.2 Å². The van der Waals surface area contributed by atoms with Crippen LogP contribution in [0, 0.1) is 0 Å². The standard InChI is InChI=1S/C19H19N3O3/c23-18(20-11-6-12-25-15-7-2-1-3-8-15)14-22-17-10-5-4-9-16(17)21-13-19(22)24/h1-5,7-10,13H,6,11-12,14H2,(H,20,23). The van der Waals surface area contributed by atoms with Gasteiger partial charge in [0.25, 0.3) is 5.56 Å². The van der Waals surface area contributed by atoms with E-state index >= 15 is 0 Å². The number of carbonyl (C=O) groups is 1. The van der Waals surface area contributed by atoms with Crippen molar-refractivity contribution in [1.82, 2.24) is 14.9 Å². The third-order valence-corrected chi connectivity index (χ3v) is 3.71. The van der Waals surface area contributed by atoms with Crippen molar-refractivity contribution < 1.29 is 9.53 Å². The number of fused-ring (bicyclic) bond motifs is 1. The van der Waals surface area contributed by atoms with E-state index in [4.69, 9.17) is 4.74 Å². The van der Waals surface area contributed by atoms with Crippen molar-refractivity contribution in [2.45, 2.75) is 13.0 Å². The fourth-order valence-electron chi connectivity index (χ4n) is 2.48. The molecular formula is C19H19N3O3. The first-order valence-electron chi connectivity index (χ1n) is 8.13. The van der Waals surface area contributed by atoms with Gasteiger partial charge in [0, 0.05) is 6.54 Å². The van der Waals surface area contributed by atoms with E-state index < -0.39 is 0 Å². The van der Waals surface area contributed by atoms with Gasteiger partial charge in [0.15, 0.2) is 0 Å². The molecule has 0 saturated carbocycles. The minimum absolute atomic E-state index is 0.0264. The molecular weight excluding hydrogens is 318 g/mol. The van der Waals surface area contributed by atoms with Crippen LogP contribution in [0.25, 0.3) is 11.0 Å². The number of nitrogens with zero attached hydrogens (tertiary/aromatic N) is 2. The molecule has 0 bridgehead atoms. The van der Waals surface area contributed by atoms with Gasteiger partial charge in [-0.05, 0) is 30.7 Å². The molecule has 1 aromatic heterocycles. The van der Waals surface area contributed by atoms with E-state index in [1.54, 1.807) is 6.07 Å². The smallest absolute Gasteiger partial charge is 0.269 e. The highest BCUT2D eigenvalue weighted by molar-refractivity contribution is 5.79. The Balaban J connectivity index is 1.50.